The standard InChI is InChI=1S/C13H15NO2S/c1-2-3-4-9-5-6-12-10(7-9)13(15)11(14-16)8-17-12/h5-7,16H,2-4,8H2,1H3/b14-11-. The molecule has 1 aromatic rings. The quantitative estimate of drug-likeness (QED) is 0.661. The molecule has 0 unspecified atom stereocenters. The number of aryl methyl sites for hydroxylation is 1. The van der Waals surface area contributed by atoms with Crippen LogP contribution in [0.3, 0.4) is 0 Å². The third kappa shape index (κ3) is 2.52. The van der Waals surface area contributed by atoms with E-state index in [0.29, 0.717) is 11.3 Å². The average molecular weight is 249 g/mol. The van der Waals surface area contributed by atoms with Crippen LogP contribution in [0.4, 0.5) is 0 Å². The molecule has 17 heavy (non-hydrogen) atoms. The van der Waals surface area contributed by atoms with Gasteiger partial charge in [0.05, 0.1) is 0 Å². The van der Waals surface area contributed by atoms with Crippen LogP contribution in [0, 0.1) is 0 Å². The third-order valence-electron chi connectivity index (χ3n) is 2.85. The van der Waals surface area contributed by atoms with Crippen LogP contribution in [0.5, 0.6) is 0 Å². The highest BCUT2D eigenvalue weighted by molar-refractivity contribution is 8.00. The minimum atomic E-state index is -0.139. The number of nitrogens with zero attached hydrogens (tertiary/aromatic N) is 1. The largest absolute Gasteiger partial charge is 0.411 e. The first-order valence-electron chi connectivity index (χ1n) is 5.77. The van der Waals surface area contributed by atoms with Crippen molar-refractivity contribution in [3.8, 4) is 0 Å². The lowest BCUT2D eigenvalue weighted by Crippen LogP contribution is -2.22. The van der Waals surface area contributed by atoms with Crippen molar-refractivity contribution >= 4 is 23.3 Å². The summed E-state index contributed by atoms with van der Waals surface area (Å²) in [6, 6.07) is 6.01. The number of ketones is 1. The van der Waals surface area contributed by atoms with Crippen molar-refractivity contribution in [1.29, 1.82) is 0 Å². The lowest BCUT2D eigenvalue weighted by atomic mass is 10.0. The van der Waals surface area contributed by atoms with Crippen molar-refractivity contribution in [2.45, 2.75) is 31.1 Å². The fourth-order valence-corrected chi connectivity index (χ4v) is 2.81. The lowest BCUT2D eigenvalue weighted by molar-refractivity contribution is 0.105. The Labute approximate surface area is 105 Å². The lowest BCUT2D eigenvalue weighted by Gasteiger charge is -2.15. The summed E-state index contributed by atoms with van der Waals surface area (Å²) in [4.78, 5) is 13.0. The predicted octanol–water partition coefficient (Wildman–Crippen LogP) is 3.15. The fourth-order valence-electron chi connectivity index (χ4n) is 1.86. The highest BCUT2D eigenvalue weighted by Gasteiger charge is 2.24. The molecule has 3 nitrogen and oxygen atoms in total. The maximum atomic E-state index is 12.0. The number of fused-ring (bicyclic) bond motifs is 1. The van der Waals surface area contributed by atoms with E-state index in [0.717, 1.165) is 24.2 Å². The first-order valence-corrected chi connectivity index (χ1v) is 6.76. The number of hydrogen-bond donors (Lipinski definition) is 1. The number of benzene rings is 1. The fraction of sp³-hybridized carbons (Fsp3) is 0.385. The molecule has 0 spiro atoms. The number of oxime groups is 1. The molecule has 1 heterocycles. The van der Waals surface area contributed by atoms with E-state index < -0.39 is 0 Å². The first-order chi connectivity index (χ1) is 8.26. The summed E-state index contributed by atoms with van der Waals surface area (Å²) in [5.41, 5.74) is 2.11. The maximum Gasteiger partial charge on any atom is 0.212 e. The zero-order valence-corrected chi connectivity index (χ0v) is 10.6. The molecule has 1 N–H and O–H groups in total. The predicted molar refractivity (Wildman–Crippen MR) is 69.3 cm³/mol. The van der Waals surface area contributed by atoms with Gasteiger partial charge >= 0.3 is 0 Å². The van der Waals surface area contributed by atoms with Crippen LogP contribution in [0.25, 0.3) is 0 Å². The number of unbranched alkanes of at least 4 members (excludes halogenated alkanes) is 1. The van der Waals surface area contributed by atoms with Gasteiger partial charge in [0.1, 0.15) is 5.71 Å². The second kappa shape index (κ2) is 5.36. The molecule has 2 rings (SSSR count). The summed E-state index contributed by atoms with van der Waals surface area (Å²) in [5.74, 6) is 0.316. The molecule has 1 aliphatic heterocycles. The Balaban J connectivity index is 2.30. The number of carbonyl (C=O) groups is 1. The molecule has 1 aliphatic rings. The van der Waals surface area contributed by atoms with Crippen LogP contribution in [-0.2, 0) is 6.42 Å². The molecule has 0 amide bonds. The Hall–Kier alpha value is -1.29. The minimum Gasteiger partial charge on any atom is -0.411 e. The van der Waals surface area contributed by atoms with Crippen molar-refractivity contribution in [3.05, 3.63) is 29.3 Å². The summed E-state index contributed by atoms with van der Waals surface area (Å²) >= 11 is 1.55. The minimum absolute atomic E-state index is 0.139. The topological polar surface area (TPSA) is 49.7 Å². The SMILES string of the molecule is CCCCc1ccc2c(c1)C(=O)/C(=N\O)CS2. The Kier molecular flexibility index (Phi) is 3.84. The molecule has 0 aliphatic carbocycles. The van der Waals surface area contributed by atoms with E-state index >= 15 is 0 Å². The molecule has 0 aromatic heterocycles. The Morgan fingerprint density at radius 1 is 1.47 bits per heavy atom. The number of Topliss-reactive ketones (excluding diaryl/α,β-unsaturated/α-hetero) is 1. The van der Waals surface area contributed by atoms with E-state index in [1.165, 1.54) is 5.56 Å². The maximum absolute atomic E-state index is 12.0. The zero-order valence-electron chi connectivity index (χ0n) is 9.77. The molecule has 0 bridgehead atoms. The molecule has 0 saturated carbocycles. The summed E-state index contributed by atoms with van der Waals surface area (Å²) in [5, 5.41) is 11.8. The van der Waals surface area contributed by atoms with Crippen LogP contribution in [0.1, 0.15) is 35.7 Å². The van der Waals surface area contributed by atoms with E-state index in [2.05, 4.69) is 18.1 Å². The Bertz CT molecular complexity index is 468. The van der Waals surface area contributed by atoms with E-state index in [1.54, 1.807) is 11.8 Å². The van der Waals surface area contributed by atoms with Crippen LogP contribution < -0.4 is 0 Å². The first kappa shape index (κ1) is 12.2. The van der Waals surface area contributed by atoms with Gasteiger partial charge in [-0.05, 0) is 30.5 Å². The normalized spacial score (nSPS) is 17.2. The molecule has 90 valence electrons. The van der Waals surface area contributed by atoms with Crippen LogP contribution in [0.15, 0.2) is 28.3 Å². The molecule has 4 heteroatoms. The van der Waals surface area contributed by atoms with Gasteiger partial charge in [-0.2, -0.15) is 0 Å². The van der Waals surface area contributed by atoms with Gasteiger partial charge in [0.15, 0.2) is 0 Å². The second-order valence-electron chi connectivity index (χ2n) is 4.10. The number of rotatable bonds is 3. The van der Waals surface area contributed by atoms with Gasteiger partial charge in [-0.3, -0.25) is 4.79 Å². The molecule has 0 radical (unpaired) electrons. The highest BCUT2D eigenvalue weighted by atomic mass is 32.2. The summed E-state index contributed by atoms with van der Waals surface area (Å²) in [6.45, 7) is 2.15. The molecule has 1 aromatic carbocycles. The van der Waals surface area contributed by atoms with Gasteiger partial charge < -0.3 is 5.21 Å². The summed E-state index contributed by atoms with van der Waals surface area (Å²) in [6.07, 6.45) is 3.26. The number of hydrogen-bond acceptors (Lipinski definition) is 4. The van der Waals surface area contributed by atoms with Crippen molar-refractivity contribution in [2.75, 3.05) is 5.75 Å². The van der Waals surface area contributed by atoms with Gasteiger partial charge in [-0.1, -0.05) is 24.6 Å². The van der Waals surface area contributed by atoms with Gasteiger partial charge in [0.25, 0.3) is 0 Å². The van der Waals surface area contributed by atoms with E-state index in [-0.39, 0.29) is 11.5 Å². The van der Waals surface area contributed by atoms with Gasteiger partial charge in [-0.25, -0.2) is 0 Å². The molecule has 0 saturated heterocycles. The number of carbonyl (C=O) groups excluding carboxylic acids is 1. The van der Waals surface area contributed by atoms with Crippen molar-refractivity contribution in [2.24, 2.45) is 5.16 Å². The zero-order chi connectivity index (χ0) is 12.3. The van der Waals surface area contributed by atoms with E-state index in [9.17, 15) is 4.79 Å². The Morgan fingerprint density at radius 2 is 2.29 bits per heavy atom. The molecule has 0 fully saturated rings. The molecule has 0 atom stereocenters. The van der Waals surface area contributed by atoms with Crippen LogP contribution in [-0.4, -0.2) is 22.5 Å². The highest BCUT2D eigenvalue weighted by Crippen LogP contribution is 2.29. The third-order valence-corrected chi connectivity index (χ3v) is 3.94. The molecular weight excluding hydrogens is 234 g/mol. The smallest absolute Gasteiger partial charge is 0.212 e. The monoisotopic (exact) mass is 249 g/mol. The van der Waals surface area contributed by atoms with E-state index in [4.69, 9.17) is 5.21 Å². The van der Waals surface area contributed by atoms with Gasteiger partial charge in [-0.15, -0.1) is 11.8 Å². The van der Waals surface area contributed by atoms with Gasteiger partial charge in [0.2, 0.25) is 5.78 Å². The number of thioether (sulfide) groups is 1. The summed E-state index contributed by atoms with van der Waals surface area (Å²) < 4.78 is 0. The second-order valence-corrected chi connectivity index (χ2v) is 5.12. The molecular formula is C13H15NO2S. The van der Waals surface area contributed by atoms with Crippen LogP contribution >= 0.6 is 11.8 Å². The van der Waals surface area contributed by atoms with Crippen molar-refractivity contribution < 1.29 is 10.0 Å². The van der Waals surface area contributed by atoms with Gasteiger partial charge in [0, 0.05) is 16.2 Å². The van der Waals surface area contributed by atoms with E-state index in [1.807, 2.05) is 12.1 Å². The van der Waals surface area contributed by atoms with Crippen molar-refractivity contribution in [3.63, 3.8) is 0 Å². The summed E-state index contributed by atoms with van der Waals surface area (Å²) in [7, 11) is 0. The average Bonchev–Trinajstić information content (AvgIpc) is 2.37. The van der Waals surface area contributed by atoms with Crippen LogP contribution in [0.2, 0.25) is 0 Å². The Morgan fingerprint density at radius 3 is 3.00 bits per heavy atom. The van der Waals surface area contributed by atoms with Crippen molar-refractivity contribution in [1.82, 2.24) is 0 Å².